The van der Waals surface area contributed by atoms with Gasteiger partial charge in [-0.2, -0.15) is 0 Å². The Morgan fingerprint density at radius 3 is 2.89 bits per heavy atom. The molecule has 2 nitrogen and oxygen atoms in total. The third-order valence-electron chi connectivity index (χ3n) is 3.50. The largest absolute Gasteiger partial charge is 0.349 e. The van der Waals surface area contributed by atoms with Crippen LogP contribution >= 0.6 is 22.9 Å². The van der Waals surface area contributed by atoms with Crippen LogP contribution in [0.1, 0.15) is 29.3 Å². The van der Waals surface area contributed by atoms with Gasteiger partial charge in [-0.1, -0.05) is 11.6 Å². The monoisotopic (exact) mass is 280 g/mol. The molecule has 1 unspecified atom stereocenters. The van der Waals surface area contributed by atoms with Gasteiger partial charge in [0.1, 0.15) is 0 Å². The Morgan fingerprint density at radius 2 is 2.28 bits per heavy atom. The molecule has 1 aliphatic carbocycles. The van der Waals surface area contributed by atoms with Crippen molar-refractivity contribution in [1.82, 2.24) is 9.88 Å². The first kappa shape index (κ1) is 12.3. The second-order valence-electron chi connectivity index (χ2n) is 4.93. The van der Waals surface area contributed by atoms with Crippen LogP contribution in [-0.4, -0.2) is 11.6 Å². The zero-order chi connectivity index (χ0) is 12.5. The number of thiophene rings is 1. The lowest BCUT2D eigenvalue weighted by atomic mass is 10.1. The topological polar surface area (TPSA) is 17.0 Å². The Kier molecular flexibility index (Phi) is 3.46. The van der Waals surface area contributed by atoms with Crippen molar-refractivity contribution in [3.63, 3.8) is 0 Å². The maximum absolute atomic E-state index is 5.95. The average molecular weight is 281 g/mol. The number of rotatable bonds is 5. The van der Waals surface area contributed by atoms with Crippen molar-refractivity contribution >= 4 is 22.9 Å². The summed E-state index contributed by atoms with van der Waals surface area (Å²) in [6.07, 6.45) is 7.14. The summed E-state index contributed by atoms with van der Waals surface area (Å²) in [5.41, 5.74) is 1.41. The smallest absolute Gasteiger partial charge is 0.0931 e. The molecule has 1 saturated carbocycles. The maximum atomic E-state index is 5.95. The van der Waals surface area contributed by atoms with Crippen LogP contribution in [0.5, 0.6) is 0 Å². The van der Waals surface area contributed by atoms with Gasteiger partial charge in [0.2, 0.25) is 0 Å². The van der Waals surface area contributed by atoms with E-state index in [1.807, 2.05) is 6.07 Å². The van der Waals surface area contributed by atoms with E-state index in [1.165, 1.54) is 23.3 Å². The van der Waals surface area contributed by atoms with Gasteiger partial charge < -0.3 is 9.88 Å². The fourth-order valence-electron chi connectivity index (χ4n) is 2.46. The first-order valence-electron chi connectivity index (χ1n) is 6.33. The van der Waals surface area contributed by atoms with Crippen LogP contribution in [0.15, 0.2) is 30.6 Å². The molecular weight excluding hydrogens is 264 g/mol. The molecule has 2 heterocycles. The number of hydrogen-bond donors (Lipinski definition) is 1. The van der Waals surface area contributed by atoms with Gasteiger partial charge in [0.15, 0.2) is 0 Å². The van der Waals surface area contributed by atoms with E-state index in [0.717, 1.165) is 16.8 Å². The first-order valence-corrected chi connectivity index (χ1v) is 7.53. The van der Waals surface area contributed by atoms with Gasteiger partial charge in [-0.15, -0.1) is 11.3 Å². The Hall–Kier alpha value is -0.770. The van der Waals surface area contributed by atoms with Crippen LogP contribution in [0.2, 0.25) is 4.34 Å². The molecule has 1 aliphatic rings. The van der Waals surface area contributed by atoms with Crippen molar-refractivity contribution in [2.75, 3.05) is 7.05 Å². The minimum Gasteiger partial charge on any atom is -0.349 e. The van der Waals surface area contributed by atoms with Gasteiger partial charge in [-0.3, -0.25) is 0 Å². The quantitative estimate of drug-likeness (QED) is 0.878. The average Bonchev–Trinajstić information content (AvgIpc) is 2.94. The Labute approximate surface area is 117 Å². The predicted octanol–water partition coefficient (Wildman–Crippen LogP) is 3.92. The third-order valence-corrected chi connectivity index (χ3v) is 4.72. The summed E-state index contributed by atoms with van der Waals surface area (Å²) in [5.74, 6) is 0.835. The summed E-state index contributed by atoms with van der Waals surface area (Å²) in [6.45, 7) is 0.915. The zero-order valence-corrected chi connectivity index (χ0v) is 12.0. The van der Waals surface area contributed by atoms with Crippen molar-refractivity contribution in [2.45, 2.75) is 25.4 Å². The molecular formula is C14H17ClN2S. The first-order chi connectivity index (χ1) is 8.76. The Morgan fingerprint density at radius 1 is 1.44 bits per heavy atom. The highest BCUT2D eigenvalue weighted by Crippen LogP contribution is 2.40. The van der Waals surface area contributed by atoms with E-state index < -0.39 is 0 Å². The van der Waals surface area contributed by atoms with Crippen molar-refractivity contribution in [3.8, 4) is 0 Å². The molecule has 0 aromatic carbocycles. The Bertz CT molecular complexity index is 527. The van der Waals surface area contributed by atoms with E-state index in [4.69, 9.17) is 11.6 Å². The SMILES string of the molecule is CNC(c1ccn(Cc2ccc(Cl)s2)c1)C1CC1. The van der Waals surface area contributed by atoms with Crippen molar-refractivity contribution in [2.24, 2.45) is 5.92 Å². The lowest BCUT2D eigenvalue weighted by molar-refractivity contribution is 0.528. The number of aromatic nitrogens is 1. The highest BCUT2D eigenvalue weighted by atomic mass is 35.5. The molecule has 4 heteroatoms. The molecule has 3 rings (SSSR count). The minimum atomic E-state index is 0.526. The number of nitrogens with one attached hydrogen (secondary N) is 1. The standard InChI is InChI=1S/C14H17ClN2S/c1-16-14(10-2-3-10)11-6-7-17(8-11)9-12-4-5-13(15)18-12/h4-8,10,14,16H,2-3,9H2,1H3. The van der Waals surface area contributed by atoms with E-state index in [0.29, 0.717) is 6.04 Å². The summed E-state index contributed by atoms with van der Waals surface area (Å²) in [5, 5.41) is 3.43. The Balaban J connectivity index is 1.72. The molecule has 1 fully saturated rings. The molecule has 2 aromatic rings. The van der Waals surface area contributed by atoms with Crippen LogP contribution in [0.3, 0.4) is 0 Å². The van der Waals surface area contributed by atoms with Crippen molar-refractivity contribution in [1.29, 1.82) is 0 Å². The fourth-order valence-corrected chi connectivity index (χ4v) is 3.56. The van der Waals surface area contributed by atoms with Crippen LogP contribution in [0.25, 0.3) is 0 Å². The minimum absolute atomic E-state index is 0.526. The second kappa shape index (κ2) is 5.08. The number of halogens is 1. The molecule has 2 aromatic heterocycles. The highest BCUT2D eigenvalue weighted by molar-refractivity contribution is 7.16. The van der Waals surface area contributed by atoms with Crippen molar-refractivity contribution < 1.29 is 0 Å². The summed E-state index contributed by atoms with van der Waals surface area (Å²) in [7, 11) is 2.05. The fraction of sp³-hybridized carbons (Fsp3) is 0.429. The van der Waals surface area contributed by atoms with Gasteiger partial charge >= 0.3 is 0 Å². The molecule has 0 spiro atoms. The van der Waals surface area contributed by atoms with Crippen LogP contribution < -0.4 is 5.32 Å². The van der Waals surface area contributed by atoms with Crippen LogP contribution in [0, 0.1) is 5.92 Å². The molecule has 0 bridgehead atoms. The normalized spacial score (nSPS) is 17.0. The molecule has 0 saturated heterocycles. The van der Waals surface area contributed by atoms with Gasteiger partial charge in [-0.25, -0.2) is 0 Å². The molecule has 1 N–H and O–H groups in total. The van der Waals surface area contributed by atoms with Crippen molar-refractivity contribution in [3.05, 3.63) is 45.4 Å². The highest BCUT2D eigenvalue weighted by Gasteiger charge is 2.31. The molecule has 18 heavy (non-hydrogen) atoms. The molecule has 0 aliphatic heterocycles. The van der Waals surface area contributed by atoms with Crippen LogP contribution in [0.4, 0.5) is 0 Å². The summed E-state index contributed by atoms with van der Waals surface area (Å²) >= 11 is 7.61. The van der Waals surface area contributed by atoms with E-state index in [1.54, 1.807) is 11.3 Å². The maximum Gasteiger partial charge on any atom is 0.0931 e. The molecule has 0 radical (unpaired) electrons. The van der Waals surface area contributed by atoms with Gasteiger partial charge in [0, 0.05) is 23.3 Å². The van der Waals surface area contributed by atoms with E-state index in [2.05, 4.69) is 41.5 Å². The lowest BCUT2D eigenvalue weighted by Crippen LogP contribution is -2.17. The van der Waals surface area contributed by atoms with Gasteiger partial charge in [-0.05, 0) is 49.6 Å². The predicted molar refractivity (Wildman–Crippen MR) is 77.4 cm³/mol. The van der Waals surface area contributed by atoms with Gasteiger partial charge in [0.05, 0.1) is 10.9 Å². The third kappa shape index (κ3) is 2.63. The zero-order valence-electron chi connectivity index (χ0n) is 10.4. The van der Waals surface area contributed by atoms with E-state index in [-0.39, 0.29) is 0 Å². The molecule has 96 valence electrons. The second-order valence-corrected chi connectivity index (χ2v) is 6.73. The molecule has 0 amide bonds. The van der Waals surface area contributed by atoms with E-state index >= 15 is 0 Å². The summed E-state index contributed by atoms with van der Waals surface area (Å²) in [4.78, 5) is 1.30. The number of nitrogens with zero attached hydrogens (tertiary/aromatic N) is 1. The lowest BCUT2D eigenvalue weighted by Gasteiger charge is -2.13. The number of hydrogen-bond acceptors (Lipinski definition) is 2. The summed E-state index contributed by atoms with van der Waals surface area (Å²) in [6, 6.07) is 6.82. The molecule has 1 atom stereocenters. The van der Waals surface area contributed by atoms with Gasteiger partial charge in [0.25, 0.3) is 0 Å². The summed E-state index contributed by atoms with van der Waals surface area (Å²) < 4.78 is 3.10. The van der Waals surface area contributed by atoms with E-state index in [9.17, 15) is 0 Å². The van der Waals surface area contributed by atoms with Crippen LogP contribution in [-0.2, 0) is 6.54 Å².